The molecule has 1 heterocycles. The number of ether oxygens (including phenoxy) is 3. The summed E-state index contributed by atoms with van der Waals surface area (Å²) in [5.74, 6) is -0.216. The minimum Gasteiger partial charge on any atom is -0.493 e. The number of carbonyl (C=O) groups excluding carboxylic acids is 1. The average Bonchev–Trinajstić information content (AvgIpc) is 2.74. The van der Waals surface area contributed by atoms with Crippen molar-refractivity contribution < 1.29 is 27.8 Å². The van der Waals surface area contributed by atoms with Crippen molar-refractivity contribution >= 4 is 23.4 Å². The number of hydrogen-bond donors (Lipinski definition) is 1. The van der Waals surface area contributed by atoms with Gasteiger partial charge in [-0.3, -0.25) is 4.79 Å². The zero-order chi connectivity index (χ0) is 20.6. The minimum absolute atomic E-state index is 0.0653. The van der Waals surface area contributed by atoms with Gasteiger partial charge in [-0.2, -0.15) is 8.78 Å². The summed E-state index contributed by atoms with van der Waals surface area (Å²) >= 11 is 0. The highest BCUT2D eigenvalue weighted by molar-refractivity contribution is 6.02. The molecule has 2 aromatic carbocycles. The molecule has 154 valence electrons. The molecular weight excluding hydrogens is 382 g/mol. The first-order valence-electron chi connectivity index (χ1n) is 9.10. The molecule has 0 radical (unpaired) electrons. The van der Waals surface area contributed by atoms with E-state index in [0.717, 1.165) is 18.8 Å². The van der Waals surface area contributed by atoms with Crippen LogP contribution in [0.25, 0.3) is 6.08 Å². The van der Waals surface area contributed by atoms with Crippen molar-refractivity contribution in [3.8, 4) is 11.5 Å². The van der Waals surface area contributed by atoms with Crippen LogP contribution in [0.4, 0.5) is 20.2 Å². The lowest BCUT2D eigenvalue weighted by molar-refractivity contribution is -0.111. The molecule has 1 aliphatic rings. The van der Waals surface area contributed by atoms with Crippen molar-refractivity contribution in [1.29, 1.82) is 0 Å². The van der Waals surface area contributed by atoms with Crippen molar-refractivity contribution in [1.82, 2.24) is 0 Å². The molecule has 0 unspecified atom stereocenters. The maximum Gasteiger partial charge on any atom is 0.387 e. The third-order valence-corrected chi connectivity index (χ3v) is 4.34. The van der Waals surface area contributed by atoms with Crippen LogP contribution in [0.5, 0.6) is 11.5 Å². The highest BCUT2D eigenvalue weighted by Gasteiger charge is 2.12. The predicted octanol–water partition coefficient (Wildman–Crippen LogP) is 3.79. The Kier molecular flexibility index (Phi) is 7.02. The number of morpholine rings is 1. The van der Waals surface area contributed by atoms with Gasteiger partial charge in [-0.15, -0.1) is 0 Å². The van der Waals surface area contributed by atoms with Crippen LogP contribution < -0.4 is 19.7 Å². The van der Waals surface area contributed by atoms with Gasteiger partial charge in [-0.1, -0.05) is 6.07 Å². The summed E-state index contributed by atoms with van der Waals surface area (Å²) in [4.78, 5) is 14.4. The van der Waals surface area contributed by atoms with Crippen LogP contribution in [0.2, 0.25) is 0 Å². The third kappa shape index (κ3) is 5.92. The Balaban J connectivity index is 1.59. The van der Waals surface area contributed by atoms with E-state index >= 15 is 0 Å². The number of halogens is 2. The molecule has 29 heavy (non-hydrogen) atoms. The zero-order valence-electron chi connectivity index (χ0n) is 15.9. The number of nitrogens with zero attached hydrogens (tertiary/aromatic N) is 1. The monoisotopic (exact) mass is 404 g/mol. The molecule has 0 saturated carbocycles. The van der Waals surface area contributed by atoms with Crippen molar-refractivity contribution in [3.05, 3.63) is 54.1 Å². The standard InChI is InChI=1S/C21H22F2N2O4/c1-27-19-14-15(2-8-18(19)29-21(22)23)3-9-20(26)24-16-4-6-17(7-5-16)25-10-12-28-13-11-25/h2-9,14,21H,10-13H2,1H3,(H,24,26). The first-order chi connectivity index (χ1) is 14.0. The molecule has 0 aliphatic carbocycles. The van der Waals surface area contributed by atoms with E-state index in [1.54, 1.807) is 12.1 Å². The lowest BCUT2D eigenvalue weighted by Gasteiger charge is -2.28. The van der Waals surface area contributed by atoms with Crippen LogP contribution in [0.3, 0.4) is 0 Å². The second kappa shape index (κ2) is 9.88. The Morgan fingerprint density at radius 2 is 1.86 bits per heavy atom. The fourth-order valence-electron chi connectivity index (χ4n) is 2.91. The van der Waals surface area contributed by atoms with Crippen molar-refractivity contribution in [2.45, 2.75) is 6.61 Å². The number of carbonyl (C=O) groups is 1. The maximum atomic E-state index is 12.4. The lowest BCUT2D eigenvalue weighted by Crippen LogP contribution is -2.36. The summed E-state index contributed by atoms with van der Waals surface area (Å²) in [5.41, 5.74) is 2.37. The molecule has 0 atom stereocenters. The van der Waals surface area contributed by atoms with Gasteiger partial charge in [0.05, 0.1) is 20.3 Å². The van der Waals surface area contributed by atoms with Gasteiger partial charge in [-0.05, 0) is 48.0 Å². The van der Waals surface area contributed by atoms with Crippen LogP contribution in [0, 0.1) is 0 Å². The number of anilines is 2. The SMILES string of the molecule is COc1cc(C=CC(=O)Nc2ccc(N3CCOCC3)cc2)ccc1OC(F)F. The highest BCUT2D eigenvalue weighted by atomic mass is 19.3. The average molecular weight is 404 g/mol. The molecular formula is C21H22F2N2O4. The van der Waals surface area contributed by atoms with Gasteiger partial charge in [0.2, 0.25) is 5.91 Å². The quantitative estimate of drug-likeness (QED) is 0.712. The third-order valence-electron chi connectivity index (χ3n) is 4.34. The summed E-state index contributed by atoms with van der Waals surface area (Å²) in [7, 11) is 1.36. The molecule has 1 fully saturated rings. The van der Waals surface area contributed by atoms with Crippen LogP contribution in [0.15, 0.2) is 48.5 Å². The molecule has 2 aromatic rings. The van der Waals surface area contributed by atoms with E-state index in [1.807, 2.05) is 24.3 Å². The number of rotatable bonds is 7. The molecule has 3 rings (SSSR count). The van der Waals surface area contributed by atoms with Crippen LogP contribution in [-0.2, 0) is 9.53 Å². The van der Waals surface area contributed by atoms with E-state index < -0.39 is 6.61 Å². The molecule has 1 aliphatic heterocycles. The summed E-state index contributed by atoms with van der Waals surface area (Å²) in [6, 6.07) is 12.0. The Morgan fingerprint density at radius 3 is 2.52 bits per heavy atom. The van der Waals surface area contributed by atoms with Crippen molar-refractivity contribution in [2.75, 3.05) is 43.6 Å². The summed E-state index contributed by atoms with van der Waals surface area (Å²) in [5, 5.41) is 2.78. The summed E-state index contributed by atoms with van der Waals surface area (Å²) in [6.45, 7) is 0.177. The Morgan fingerprint density at radius 1 is 1.14 bits per heavy atom. The number of hydrogen-bond acceptors (Lipinski definition) is 5. The van der Waals surface area contributed by atoms with Crippen molar-refractivity contribution in [3.63, 3.8) is 0 Å². The van der Waals surface area contributed by atoms with Crippen LogP contribution in [0.1, 0.15) is 5.56 Å². The summed E-state index contributed by atoms with van der Waals surface area (Å²) in [6.07, 6.45) is 2.92. The molecule has 0 bridgehead atoms. The first kappa shape index (κ1) is 20.6. The van der Waals surface area contributed by atoms with Gasteiger partial charge < -0.3 is 24.4 Å². The number of methoxy groups -OCH3 is 1. The number of alkyl halides is 2. The number of benzene rings is 2. The van der Waals surface area contributed by atoms with Gasteiger partial charge in [0.25, 0.3) is 0 Å². The lowest BCUT2D eigenvalue weighted by atomic mass is 10.2. The van der Waals surface area contributed by atoms with Gasteiger partial charge in [-0.25, -0.2) is 0 Å². The molecule has 1 N–H and O–H groups in total. The van der Waals surface area contributed by atoms with Gasteiger partial charge >= 0.3 is 6.61 Å². The maximum absolute atomic E-state index is 12.4. The molecule has 0 aromatic heterocycles. The van der Waals surface area contributed by atoms with Gasteiger partial charge in [0.1, 0.15) is 0 Å². The smallest absolute Gasteiger partial charge is 0.387 e. The van der Waals surface area contributed by atoms with E-state index in [-0.39, 0.29) is 17.4 Å². The van der Waals surface area contributed by atoms with Crippen LogP contribution >= 0.6 is 0 Å². The van der Waals surface area contributed by atoms with E-state index in [2.05, 4.69) is 15.0 Å². The topological polar surface area (TPSA) is 60.0 Å². The molecule has 1 amide bonds. The predicted molar refractivity (Wildman–Crippen MR) is 107 cm³/mol. The number of nitrogens with one attached hydrogen (secondary N) is 1. The number of amides is 1. The normalized spacial score (nSPS) is 14.3. The van der Waals surface area contributed by atoms with E-state index in [1.165, 1.54) is 25.3 Å². The molecule has 6 nitrogen and oxygen atoms in total. The Labute approximate surface area is 167 Å². The molecule has 0 spiro atoms. The highest BCUT2D eigenvalue weighted by Crippen LogP contribution is 2.29. The first-order valence-corrected chi connectivity index (χ1v) is 9.10. The van der Waals surface area contributed by atoms with Crippen LogP contribution in [-0.4, -0.2) is 45.9 Å². The van der Waals surface area contributed by atoms with Gasteiger partial charge in [0.15, 0.2) is 11.5 Å². The second-order valence-corrected chi connectivity index (χ2v) is 6.26. The van der Waals surface area contributed by atoms with E-state index in [4.69, 9.17) is 9.47 Å². The fourth-order valence-corrected chi connectivity index (χ4v) is 2.91. The van der Waals surface area contributed by atoms with Gasteiger partial charge in [0, 0.05) is 30.5 Å². The second-order valence-electron chi connectivity index (χ2n) is 6.26. The van der Waals surface area contributed by atoms with Crippen molar-refractivity contribution in [2.24, 2.45) is 0 Å². The largest absolute Gasteiger partial charge is 0.493 e. The molecule has 1 saturated heterocycles. The summed E-state index contributed by atoms with van der Waals surface area (Å²) < 4.78 is 39.5. The fraction of sp³-hybridized carbons (Fsp3) is 0.286. The Bertz CT molecular complexity index is 850. The Hall–Kier alpha value is -3.13. The molecule has 8 heteroatoms. The minimum atomic E-state index is -2.94. The zero-order valence-corrected chi connectivity index (χ0v) is 15.9. The van der Waals surface area contributed by atoms with E-state index in [0.29, 0.717) is 24.5 Å². The van der Waals surface area contributed by atoms with E-state index in [9.17, 15) is 13.6 Å².